The Hall–Kier alpha value is -2.98. The molecule has 30 heavy (non-hydrogen) atoms. The second kappa shape index (κ2) is 8.41. The molecule has 3 aromatic rings. The van der Waals surface area contributed by atoms with E-state index in [4.69, 9.17) is 11.6 Å². The SMILES string of the molecule is CCCc1ccccc1C(=O)c1ccc(NC(=O)C2(c3ccc(Cl)cc3)CC2)nc1. The molecule has 1 heterocycles. The number of carbonyl (C=O) groups is 2. The van der Waals surface area contributed by atoms with Crippen LogP contribution >= 0.6 is 11.6 Å². The van der Waals surface area contributed by atoms with Gasteiger partial charge in [-0.1, -0.05) is 61.3 Å². The van der Waals surface area contributed by atoms with E-state index in [9.17, 15) is 9.59 Å². The van der Waals surface area contributed by atoms with E-state index in [2.05, 4.69) is 17.2 Å². The minimum atomic E-state index is -0.514. The number of hydrogen-bond donors (Lipinski definition) is 1. The van der Waals surface area contributed by atoms with Crippen LogP contribution in [0.5, 0.6) is 0 Å². The summed E-state index contributed by atoms with van der Waals surface area (Å²) in [6, 6.07) is 18.5. The molecule has 0 unspecified atom stereocenters. The Morgan fingerprint density at radius 1 is 1.03 bits per heavy atom. The Morgan fingerprint density at radius 3 is 2.40 bits per heavy atom. The predicted molar refractivity (Wildman–Crippen MR) is 119 cm³/mol. The maximum absolute atomic E-state index is 12.9. The summed E-state index contributed by atoms with van der Waals surface area (Å²) in [5.41, 5.74) is 2.71. The molecule has 1 aliphatic carbocycles. The third-order valence-electron chi connectivity index (χ3n) is 5.63. The number of amides is 1. The van der Waals surface area contributed by atoms with Gasteiger partial charge in [-0.3, -0.25) is 9.59 Å². The first-order valence-corrected chi connectivity index (χ1v) is 10.6. The average molecular weight is 419 g/mol. The molecule has 0 spiro atoms. The Labute approximate surface area is 181 Å². The van der Waals surface area contributed by atoms with Gasteiger partial charge in [0.05, 0.1) is 5.41 Å². The van der Waals surface area contributed by atoms with E-state index in [0.29, 0.717) is 22.0 Å². The third kappa shape index (κ3) is 4.01. The number of aryl methyl sites for hydroxylation is 1. The standard InChI is InChI=1S/C25H23ClN2O2/c1-2-5-17-6-3-4-7-21(17)23(29)18-8-13-22(27-16-18)28-24(30)25(14-15-25)19-9-11-20(26)12-10-19/h3-4,6-13,16H,2,5,14-15H2,1H3,(H,27,28,30). The fraction of sp³-hybridized carbons (Fsp3) is 0.240. The van der Waals surface area contributed by atoms with Crippen molar-refractivity contribution in [1.82, 2.24) is 4.98 Å². The molecule has 152 valence electrons. The number of benzene rings is 2. The van der Waals surface area contributed by atoms with Gasteiger partial charge in [0, 0.05) is 22.3 Å². The smallest absolute Gasteiger partial charge is 0.236 e. The fourth-order valence-electron chi connectivity index (χ4n) is 3.76. The summed E-state index contributed by atoms with van der Waals surface area (Å²) in [4.78, 5) is 30.1. The lowest BCUT2D eigenvalue weighted by Gasteiger charge is -2.15. The maximum atomic E-state index is 12.9. The number of hydrogen-bond acceptors (Lipinski definition) is 3. The zero-order valence-electron chi connectivity index (χ0n) is 16.8. The molecular weight excluding hydrogens is 396 g/mol. The van der Waals surface area contributed by atoms with Crippen molar-refractivity contribution < 1.29 is 9.59 Å². The van der Waals surface area contributed by atoms with Crippen molar-refractivity contribution in [2.45, 2.75) is 38.0 Å². The summed E-state index contributed by atoms with van der Waals surface area (Å²) >= 11 is 5.97. The second-order valence-corrected chi connectivity index (χ2v) is 8.15. The van der Waals surface area contributed by atoms with Crippen molar-refractivity contribution in [1.29, 1.82) is 0 Å². The van der Waals surface area contributed by atoms with Crippen LogP contribution in [0.1, 0.15) is 53.2 Å². The summed E-state index contributed by atoms with van der Waals surface area (Å²) in [6.45, 7) is 2.09. The molecule has 1 aromatic heterocycles. The first-order valence-electron chi connectivity index (χ1n) is 10.2. The van der Waals surface area contributed by atoms with Gasteiger partial charge in [-0.15, -0.1) is 0 Å². The van der Waals surface area contributed by atoms with Crippen molar-refractivity contribution in [3.8, 4) is 0 Å². The van der Waals surface area contributed by atoms with Gasteiger partial charge in [0.1, 0.15) is 5.82 Å². The summed E-state index contributed by atoms with van der Waals surface area (Å²) in [7, 11) is 0. The molecule has 1 saturated carbocycles. The van der Waals surface area contributed by atoms with Crippen LogP contribution in [0.15, 0.2) is 66.9 Å². The van der Waals surface area contributed by atoms with Gasteiger partial charge >= 0.3 is 0 Å². The van der Waals surface area contributed by atoms with Gasteiger partial charge in [0.2, 0.25) is 5.91 Å². The van der Waals surface area contributed by atoms with Crippen molar-refractivity contribution in [2.75, 3.05) is 5.32 Å². The lowest BCUT2D eigenvalue weighted by Crippen LogP contribution is -2.28. The highest BCUT2D eigenvalue weighted by Crippen LogP contribution is 2.49. The molecular formula is C25H23ClN2O2. The van der Waals surface area contributed by atoms with Crippen molar-refractivity contribution in [3.05, 3.63) is 94.1 Å². The lowest BCUT2D eigenvalue weighted by atomic mass is 9.95. The van der Waals surface area contributed by atoms with Gasteiger partial charge in [0.15, 0.2) is 5.78 Å². The van der Waals surface area contributed by atoms with Crippen LogP contribution in [0.25, 0.3) is 0 Å². The number of pyridine rings is 1. The van der Waals surface area contributed by atoms with E-state index in [1.165, 1.54) is 6.20 Å². The predicted octanol–water partition coefficient (Wildman–Crippen LogP) is 5.59. The number of carbonyl (C=O) groups excluding carboxylic acids is 2. The van der Waals surface area contributed by atoms with Crippen LogP contribution in [-0.4, -0.2) is 16.7 Å². The van der Waals surface area contributed by atoms with Gasteiger partial charge in [0.25, 0.3) is 0 Å². The summed E-state index contributed by atoms with van der Waals surface area (Å²) in [5, 5.41) is 3.55. The minimum Gasteiger partial charge on any atom is -0.310 e. The Morgan fingerprint density at radius 2 is 1.77 bits per heavy atom. The zero-order chi connectivity index (χ0) is 21.1. The summed E-state index contributed by atoms with van der Waals surface area (Å²) in [5.74, 6) is 0.313. The van der Waals surface area contributed by atoms with Crippen molar-refractivity contribution in [3.63, 3.8) is 0 Å². The largest absolute Gasteiger partial charge is 0.310 e. The molecule has 1 N–H and O–H groups in total. The number of anilines is 1. The van der Waals surface area contributed by atoms with E-state index in [1.807, 2.05) is 36.4 Å². The molecule has 2 aromatic carbocycles. The van der Waals surface area contributed by atoms with E-state index in [0.717, 1.165) is 36.8 Å². The second-order valence-electron chi connectivity index (χ2n) is 7.71. The minimum absolute atomic E-state index is 0.0516. The van der Waals surface area contributed by atoms with Gasteiger partial charge in [-0.2, -0.15) is 0 Å². The summed E-state index contributed by atoms with van der Waals surface area (Å²) < 4.78 is 0. The van der Waals surface area contributed by atoms with Gasteiger partial charge < -0.3 is 5.32 Å². The molecule has 0 aliphatic heterocycles. The van der Waals surface area contributed by atoms with E-state index < -0.39 is 5.41 Å². The highest BCUT2D eigenvalue weighted by Gasteiger charge is 2.51. The molecule has 1 fully saturated rings. The van der Waals surface area contributed by atoms with Crippen molar-refractivity contribution >= 4 is 29.1 Å². The monoisotopic (exact) mass is 418 g/mol. The van der Waals surface area contributed by atoms with Crippen LogP contribution in [0, 0.1) is 0 Å². The Kier molecular flexibility index (Phi) is 5.69. The number of nitrogens with one attached hydrogen (secondary N) is 1. The third-order valence-corrected chi connectivity index (χ3v) is 5.88. The number of nitrogens with zero attached hydrogens (tertiary/aromatic N) is 1. The molecule has 0 radical (unpaired) electrons. The van der Waals surface area contributed by atoms with Crippen LogP contribution in [-0.2, 0) is 16.6 Å². The van der Waals surface area contributed by atoms with Crippen LogP contribution in [0.2, 0.25) is 5.02 Å². The molecule has 0 atom stereocenters. The molecule has 1 amide bonds. The number of ketones is 1. The van der Waals surface area contributed by atoms with Gasteiger partial charge in [-0.25, -0.2) is 4.98 Å². The van der Waals surface area contributed by atoms with E-state index >= 15 is 0 Å². The zero-order valence-corrected chi connectivity index (χ0v) is 17.6. The number of rotatable bonds is 7. The maximum Gasteiger partial charge on any atom is 0.236 e. The van der Waals surface area contributed by atoms with Crippen LogP contribution in [0.3, 0.4) is 0 Å². The van der Waals surface area contributed by atoms with Crippen LogP contribution in [0.4, 0.5) is 5.82 Å². The van der Waals surface area contributed by atoms with Crippen LogP contribution < -0.4 is 5.32 Å². The summed E-state index contributed by atoms with van der Waals surface area (Å²) in [6.07, 6.45) is 4.96. The molecule has 5 heteroatoms. The first-order chi connectivity index (χ1) is 14.5. The number of halogens is 1. The van der Waals surface area contributed by atoms with E-state index in [1.54, 1.807) is 24.3 Å². The molecule has 1 aliphatic rings. The fourth-order valence-corrected chi connectivity index (χ4v) is 3.89. The Bertz CT molecular complexity index is 1070. The first kappa shape index (κ1) is 20.3. The molecule has 0 bridgehead atoms. The average Bonchev–Trinajstić information content (AvgIpc) is 3.57. The topological polar surface area (TPSA) is 59.1 Å². The number of aromatic nitrogens is 1. The highest BCUT2D eigenvalue weighted by molar-refractivity contribution is 6.30. The molecule has 4 nitrogen and oxygen atoms in total. The Balaban J connectivity index is 1.48. The van der Waals surface area contributed by atoms with E-state index in [-0.39, 0.29) is 11.7 Å². The highest BCUT2D eigenvalue weighted by atomic mass is 35.5. The molecule has 4 rings (SSSR count). The van der Waals surface area contributed by atoms with Gasteiger partial charge in [-0.05, 0) is 54.7 Å². The molecule has 0 saturated heterocycles. The normalized spacial score (nSPS) is 14.2. The lowest BCUT2D eigenvalue weighted by molar-refractivity contribution is -0.118. The quantitative estimate of drug-likeness (QED) is 0.509. The van der Waals surface area contributed by atoms with Crippen molar-refractivity contribution in [2.24, 2.45) is 0 Å².